The van der Waals surface area contributed by atoms with E-state index in [1.807, 2.05) is 31.2 Å². The first-order chi connectivity index (χ1) is 12.2. The molecule has 6 heteroatoms. The minimum Gasteiger partial charge on any atom is -0.346 e. The third-order valence-corrected chi connectivity index (χ3v) is 4.59. The lowest BCUT2D eigenvalue weighted by Gasteiger charge is -2.07. The molecule has 1 amide bonds. The first-order valence-electron chi connectivity index (χ1n) is 8.77. The molecule has 0 unspecified atom stereocenters. The SMILES string of the molecule is Cc1cc(C(=O)NCc2ccccn2)c2nc3n(c2n1)CCCCC3. The molecule has 0 radical (unpaired) electrons. The van der Waals surface area contributed by atoms with Gasteiger partial charge in [0.05, 0.1) is 17.8 Å². The van der Waals surface area contributed by atoms with Gasteiger partial charge in [-0.3, -0.25) is 9.78 Å². The maximum atomic E-state index is 12.7. The Bertz CT molecular complexity index is 916. The van der Waals surface area contributed by atoms with E-state index in [4.69, 9.17) is 4.98 Å². The molecule has 0 saturated heterocycles. The Morgan fingerprint density at radius 3 is 3.00 bits per heavy atom. The van der Waals surface area contributed by atoms with Gasteiger partial charge in [0.2, 0.25) is 0 Å². The predicted octanol–water partition coefficient (Wildman–Crippen LogP) is 2.79. The fourth-order valence-corrected chi connectivity index (χ4v) is 3.36. The largest absolute Gasteiger partial charge is 0.346 e. The summed E-state index contributed by atoms with van der Waals surface area (Å²) in [6, 6.07) is 7.49. The lowest BCUT2D eigenvalue weighted by Crippen LogP contribution is -2.24. The number of aryl methyl sites for hydroxylation is 3. The number of nitrogens with zero attached hydrogens (tertiary/aromatic N) is 4. The normalized spacial score (nSPS) is 14.1. The molecule has 6 nitrogen and oxygen atoms in total. The van der Waals surface area contributed by atoms with E-state index in [1.165, 1.54) is 6.42 Å². The van der Waals surface area contributed by atoms with E-state index >= 15 is 0 Å². The van der Waals surface area contributed by atoms with Crippen LogP contribution in [-0.2, 0) is 19.5 Å². The van der Waals surface area contributed by atoms with Gasteiger partial charge in [-0.15, -0.1) is 0 Å². The van der Waals surface area contributed by atoms with Gasteiger partial charge in [0, 0.05) is 24.9 Å². The van der Waals surface area contributed by atoms with Crippen LogP contribution in [-0.4, -0.2) is 25.4 Å². The monoisotopic (exact) mass is 335 g/mol. The van der Waals surface area contributed by atoms with Gasteiger partial charge < -0.3 is 9.88 Å². The molecule has 0 fully saturated rings. The number of imidazole rings is 1. The van der Waals surface area contributed by atoms with Crippen molar-refractivity contribution in [1.29, 1.82) is 0 Å². The molecule has 0 atom stereocenters. The maximum Gasteiger partial charge on any atom is 0.254 e. The number of amides is 1. The molecule has 0 saturated carbocycles. The van der Waals surface area contributed by atoms with Crippen molar-refractivity contribution in [1.82, 2.24) is 24.8 Å². The number of nitrogens with one attached hydrogen (secondary N) is 1. The van der Waals surface area contributed by atoms with Crippen LogP contribution in [0, 0.1) is 6.92 Å². The van der Waals surface area contributed by atoms with Crippen LogP contribution < -0.4 is 5.32 Å². The predicted molar refractivity (Wildman–Crippen MR) is 95.2 cm³/mol. The van der Waals surface area contributed by atoms with Gasteiger partial charge in [-0.05, 0) is 38.0 Å². The summed E-state index contributed by atoms with van der Waals surface area (Å²) in [6.45, 7) is 3.25. The fourth-order valence-electron chi connectivity index (χ4n) is 3.36. The van der Waals surface area contributed by atoms with Crippen molar-refractivity contribution < 1.29 is 4.79 Å². The number of hydrogen-bond acceptors (Lipinski definition) is 4. The average molecular weight is 335 g/mol. The molecule has 0 aromatic carbocycles. The summed E-state index contributed by atoms with van der Waals surface area (Å²) in [5.41, 5.74) is 3.81. The van der Waals surface area contributed by atoms with Gasteiger partial charge >= 0.3 is 0 Å². The minimum atomic E-state index is -0.130. The second-order valence-corrected chi connectivity index (χ2v) is 6.48. The Morgan fingerprint density at radius 2 is 2.16 bits per heavy atom. The van der Waals surface area contributed by atoms with Crippen LogP contribution in [0.2, 0.25) is 0 Å². The van der Waals surface area contributed by atoms with Crippen molar-refractivity contribution in [3.63, 3.8) is 0 Å². The molecule has 4 heterocycles. The van der Waals surface area contributed by atoms with E-state index in [0.717, 1.165) is 48.7 Å². The average Bonchev–Trinajstić information content (AvgIpc) is 2.81. The van der Waals surface area contributed by atoms with Crippen LogP contribution >= 0.6 is 0 Å². The zero-order valence-corrected chi connectivity index (χ0v) is 14.3. The summed E-state index contributed by atoms with van der Waals surface area (Å²) in [7, 11) is 0. The second kappa shape index (κ2) is 6.63. The van der Waals surface area contributed by atoms with Crippen LogP contribution in [0.25, 0.3) is 11.2 Å². The first kappa shape index (κ1) is 15.7. The Balaban J connectivity index is 1.68. The minimum absolute atomic E-state index is 0.130. The summed E-state index contributed by atoms with van der Waals surface area (Å²) >= 11 is 0. The summed E-state index contributed by atoms with van der Waals surface area (Å²) in [5.74, 6) is 0.916. The number of pyridine rings is 2. The standard InChI is InChI=1S/C19H21N5O/c1-13-11-15(19(25)21-12-14-7-4-5-9-20-14)17-18(22-13)24-10-6-2-3-8-16(24)23-17/h4-5,7,9,11H,2-3,6,8,10,12H2,1H3,(H,21,25). The molecule has 25 heavy (non-hydrogen) atoms. The van der Waals surface area contributed by atoms with E-state index in [9.17, 15) is 4.79 Å². The highest BCUT2D eigenvalue weighted by Gasteiger charge is 2.20. The molecule has 0 aliphatic carbocycles. The third-order valence-electron chi connectivity index (χ3n) is 4.59. The second-order valence-electron chi connectivity index (χ2n) is 6.48. The topological polar surface area (TPSA) is 72.7 Å². The number of fused-ring (bicyclic) bond motifs is 3. The molecule has 3 aromatic heterocycles. The van der Waals surface area contributed by atoms with Gasteiger partial charge in [0.15, 0.2) is 5.65 Å². The Labute approximate surface area is 146 Å². The van der Waals surface area contributed by atoms with E-state index < -0.39 is 0 Å². The molecule has 1 aliphatic rings. The van der Waals surface area contributed by atoms with Gasteiger partial charge in [0.25, 0.3) is 5.91 Å². The van der Waals surface area contributed by atoms with Crippen molar-refractivity contribution in [3.05, 3.63) is 53.2 Å². The number of carbonyl (C=O) groups is 1. The first-order valence-corrected chi connectivity index (χ1v) is 8.77. The zero-order valence-electron chi connectivity index (χ0n) is 14.3. The fraction of sp³-hybridized carbons (Fsp3) is 0.368. The number of carbonyl (C=O) groups excluding carboxylic acids is 1. The van der Waals surface area contributed by atoms with Gasteiger partial charge in [0.1, 0.15) is 11.3 Å². The van der Waals surface area contributed by atoms with Crippen molar-refractivity contribution in [2.45, 2.75) is 45.7 Å². The summed E-state index contributed by atoms with van der Waals surface area (Å²) in [5, 5.41) is 2.95. The summed E-state index contributed by atoms with van der Waals surface area (Å²) in [4.78, 5) is 26.4. The summed E-state index contributed by atoms with van der Waals surface area (Å²) < 4.78 is 2.19. The zero-order chi connectivity index (χ0) is 17.2. The van der Waals surface area contributed by atoms with Crippen LogP contribution in [0.3, 0.4) is 0 Å². The van der Waals surface area contributed by atoms with E-state index in [0.29, 0.717) is 17.6 Å². The molecule has 1 N–H and O–H groups in total. The highest BCUT2D eigenvalue weighted by molar-refractivity contribution is 6.04. The molecule has 1 aliphatic heterocycles. The molecular weight excluding hydrogens is 314 g/mol. The molecule has 0 spiro atoms. The lowest BCUT2D eigenvalue weighted by atomic mass is 10.2. The van der Waals surface area contributed by atoms with Crippen LogP contribution in [0.5, 0.6) is 0 Å². The Kier molecular flexibility index (Phi) is 4.17. The van der Waals surface area contributed by atoms with Gasteiger partial charge in [-0.1, -0.05) is 12.5 Å². The van der Waals surface area contributed by atoms with E-state index in [-0.39, 0.29) is 5.91 Å². The van der Waals surface area contributed by atoms with Crippen molar-refractivity contribution in [3.8, 4) is 0 Å². The quantitative estimate of drug-likeness (QED) is 0.799. The van der Waals surface area contributed by atoms with Crippen molar-refractivity contribution in [2.24, 2.45) is 0 Å². The van der Waals surface area contributed by atoms with Gasteiger partial charge in [-0.25, -0.2) is 9.97 Å². The van der Waals surface area contributed by atoms with Crippen LogP contribution in [0.15, 0.2) is 30.5 Å². The summed E-state index contributed by atoms with van der Waals surface area (Å²) in [6.07, 6.45) is 6.17. The molecule has 0 bridgehead atoms. The number of hydrogen-bond donors (Lipinski definition) is 1. The number of rotatable bonds is 3. The van der Waals surface area contributed by atoms with Gasteiger partial charge in [-0.2, -0.15) is 0 Å². The molecular formula is C19H21N5O. The van der Waals surface area contributed by atoms with Crippen molar-refractivity contribution in [2.75, 3.05) is 0 Å². The maximum absolute atomic E-state index is 12.7. The molecule has 128 valence electrons. The van der Waals surface area contributed by atoms with E-state index in [1.54, 1.807) is 6.20 Å². The van der Waals surface area contributed by atoms with Crippen LogP contribution in [0.4, 0.5) is 0 Å². The molecule has 3 aromatic rings. The highest BCUT2D eigenvalue weighted by atomic mass is 16.1. The van der Waals surface area contributed by atoms with Crippen molar-refractivity contribution >= 4 is 17.1 Å². The lowest BCUT2D eigenvalue weighted by molar-refractivity contribution is 0.0951. The number of aromatic nitrogens is 4. The Hall–Kier alpha value is -2.76. The third kappa shape index (κ3) is 3.12. The van der Waals surface area contributed by atoms with Crippen LogP contribution in [0.1, 0.15) is 46.8 Å². The molecule has 4 rings (SSSR count). The van der Waals surface area contributed by atoms with E-state index in [2.05, 4.69) is 19.9 Å². The smallest absolute Gasteiger partial charge is 0.254 e. The Morgan fingerprint density at radius 1 is 1.24 bits per heavy atom. The highest BCUT2D eigenvalue weighted by Crippen LogP contribution is 2.24.